The number of hydrogen-bond acceptors (Lipinski definition) is 8. The fourth-order valence-electron chi connectivity index (χ4n) is 3.81. The predicted molar refractivity (Wildman–Crippen MR) is 128 cm³/mol. The molecule has 1 aliphatic heterocycles. The highest BCUT2D eigenvalue weighted by atomic mass is 16.7. The molecule has 5 aromatic rings. The summed E-state index contributed by atoms with van der Waals surface area (Å²) in [6, 6.07) is 13.8. The summed E-state index contributed by atoms with van der Waals surface area (Å²) < 4.78 is 14.9. The highest BCUT2D eigenvalue weighted by Gasteiger charge is 2.18. The Balaban J connectivity index is 1.35. The van der Waals surface area contributed by atoms with Crippen molar-refractivity contribution in [2.24, 2.45) is 0 Å². The van der Waals surface area contributed by atoms with Gasteiger partial charge in [-0.25, -0.2) is 9.97 Å². The SMILES string of the molecule is CC(C)n1cnc2c(Nc3ccc4c(c3)OCO4)nc(Nc3ccc(-n4ccnc4)cc3)nc21. The summed E-state index contributed by atoms with van der Waals surface area (Å²) in [5, 5.41) is 6.69. The molecule has 0 unspecified atom stereocenters. The first kappa shape index (κ1) is 20.0. The molecular formula is C24H22N8O2. The standard InChI is InChI=1S/C24H22N8O2/c1-15(2)32-13-26-21-22(27-17-5-8-19-20(11-17)34-14-33-19)29-24(30-23(21)32)28-16-3-6-18(7-4-16)31-10-9-25-12-31/h3-13,15H,14H2,1-2H3,(H2,27,28,29,30). The van der Waals surface area contributed by atoms with Gasteiger partial charge in [-0.15, -0.1) is 0 Å². The minimum Gasteiger partial charge on any atom is -0.454 e. The molecule has 0 fully saturated rings. The van der Waals surface area contributed by atoms with E-state index < -0.39 is 0 Å². The molecule has 0 aliphatic carbocycles. The van der Waals surface area contributed by atoms with Crippen LogP contribution in [-0.2, 0) is 0 Å². The van der Waals surface area contributed by atoms with Gasteiger partial charge in [0.15, 0.2) is 28.5 Å². The van der Waals surface area contributed by atoms with E-state index in [1.807, 2.05) is 57.8 Å². The van der Waals surface area contributed by atoms with Crippen molar-refractivity contribution in [3.8, 4) is 17.2 Å². The lowest BCUT2D eigenvalue weighted by Crippen LogP contribution is -2.05. The molecule has 3 aromatic heterocycles. The number of hydrogen-bond donors (Lipinski definition) is 2. The van der Waals surface area contributed by atoms with Crippen LogP contribution in [0, 0.1) is 0 Å². The number of ether oxygens (including phenoxy) is 2. The zero-order valence-corrected chi connectivity index (χ0v) is 18.6. The maximum absolute atomic E-state index is 5.51. The second-order valence-corrected chi connectivity index (χ2v) is 8.15. The Hall–Kier alpha value is -4.60. The van der Waals surface area contributed by atoms with Gasteiger partial charge < -0.3 is 29.2 Å². The van der Waals surface area contributed by atoms with Gasteiger partial charge in [-0.3, -0.25) is 0 Å². The quantitative estimate of drug-likeness (QED) is 0.377. The highest BCUT2D eigenvalue weighted by molar-refractivity contribution is 5.87. The van der Waals surface area contributed by atoms with Crippen molar-refractivity contribution in [2.45, 2.75) is 19.9 Å². The largest absolute Gasteiger partial charge is 0.454 e. The van der Waals surface area contributed by atoms with E-state index >= 15 is 0 Å². The van der Waals surface area contributed by atoms with Crippen LogP contribution >= 0.6 is 0 Å². The third-order valence-electron chi connectivity index (χ3n) is 5.54. The van der Waals surface area contributed by atoms with Gasteiger partial charge in [0.25, 0.3) is 0 Å². The summed E-state index contributed by atoms with van der Waals surface area (Å²) in [6.07, 6.45) is 7.21. The lowest BCUT2D eigenvalue weighted by molar-refractivity contribution is 0.174. The molecule has 0 saturated heterocycles. The number of nitrogens with one attached hydrogen (secondary N) is 2. The highest BCUT2D eigenvalue weighted by Crippen LogP contribution is 2.36. The van der Waals surface area contributed by atoms with Gasteiger partial charge >= 0.3 is 0 Å². The van der Waals surface area contributed by atoms with Gasteiger partial charge in [0.1, 0.15) is 0 Å². The Morgan fingerprint density at radius 1 is 0.912 bits per heavy atom. The van der Waals surface area contributed by atoms with Crippen molar-refractivity contribution in [1.29, 1.82) is 0 Å². The second kappa shape index (κ2) is 8.07. The van der Waals surface area contributed by atoms with Crippen LogP contribution in [0.5, 0.6) is 11.5 Å². The zero-order valence-electron chi connectivity index (χ0n) is 18.6. The van der Waals surface area contributed by atoms with Gasteiger partial charge in [-0.05, 0) is 50.2 Å². The van der Waals surface area contributed by atoms with Gasteiger partial charge in [0.05, 0.1) is 12.7 Å². The van der Waals surface area contributed by atoms with Crippen molar-refractivity contribution in [2.75, 3.05) is 17.4 Å². The van der Waals surface area contributed by atoms with Crippen molar-refractivity contribution < 1.29 is 9.47 Å². The minimum atomic E-state index is 0.195. The van der Waals surface area contributed by atoms with Crippen molar-refractivity contribution in [1.82, 2.24) is 29.1 Å². The van der Waals surface area contributed by atoms with Crippen LogP contribution in [0.4, 0.5) is 23.1 Å². The maximum atomic E-state index is 5.51. The van der Waals surface area contributed by atoms with Crippen LogP contribution in [0.15, 0.2) is 67.5 Å². The summed E-state index contributed by atoms with van der Waals surface area (Å²) in [6.45, 7) is 4.41. The first-order valence-electron chi connectivity index (χ1n) is 10.9. The Kier molecular flexibility index (Phi) is 4.76. The molecule has 0 spiro atoms. The average Bonchev–Trinajstić information content (AvgIpc) is 3.60. The molecule has 1 aliphatic rings. The number of imidazole rings is 2. The molecular weight excluding hydrogens is 432 g/mol. The third kappa shape index (κ3) is 3.64. The van der Waals surface area contributed by atoms with E-state index in [-0.39, 0.29) is 12.8 Å². The molecule has 34 heavy (non-hydrogen) atoms. The monoisotopic (exact) mass is 454 g/mol. The molecule has 0 radical (unpaired) electrons. The average molecular weight is 454 g/mol. The minimum absolute atomic E-state index is 0.195. The van der Waals surface area contributed by atoms with Crippen LogP contribution in [0.2, 0.25) is 0 Å². The summed E-state index contributed by atoms with van der Waals surface area (Å²) in [7, 11) is 0. The number of fused-ring (bicyclic) bond motifs is 2. The number of anilines is 4. The van der Waals surface area contributed by atoms with E-state index in [0.29, 0.717) is 23.0 Å². The first-order chi connectivity index (χ1) is 16.6. The van der Waals surface area contributed by atoms with E-state index in [2.05, 4.69) is 34.4 Å². The number of benzene rings is 2. The van der Waals surface area contributed by atoms with Crippen LogP contribution in [0.3, 0.4) is 0 Å². The van der Waals surface area contributed by atoms with Crippen molar-refractivity contribution in [3.05, 3.63) is 67.5 Å². The molecule has 0 atom stereocenters. The summed E-state index contributed by atoms with van der Waals surface area (Å²) in [5.41, 5.74) is 4.13. The molecule has 10 nitrogen and oxygen atoms in total. The second-order valence-electron chi connectivity index (χ2n) is 8.15. The Morgan fingerprint density at radius 2 is 1.74 bits per heavy atom. The third-order valence-corrected chi connectivity index (χ3v) is 5.54. The van der Waals surface area contributed by atoms with Crippen LogP contribution in [-0.4, -0.2) is 35.9 Å². The molecule has 2 aromatic carbocycles. The van der Waals surface area contributed by atoms with Gasteiger partial charge in [0, 0.05) is 41.6 Å². The van der Waals surface area contributed by atoms with Crippen molar-refractivity contribution in [3.63, 3.8) is 0 Å². The van der Waals surface area contributed by atoms with Crippen LogP contribution < -0.4 is 20.1 Å². The number of rotatable bonds is 6. The fourth-order valence-corrected chi connectivity index (χ4v) is 3.81. The number of aromatic nitrogens is 6. The first-order valence-corrected chi connectivity index (χ1v) is 10.9. The smallest absolute Gasteiger partial charge is 0.231 e. The Bertz CT molecular complexity index is 1460. The molecule has 4 heterocycles. The van der Waals surface area contributed by atoms with E-state index in [4.69, 9.17) is 19.4 Å². The molecule has 0 bridgehead atoms. The molecule has 10 heteroatoms. The summed E-state index contributed by atoms with van der Waals surface area (Å²) in [4.78, 5) is 18.2. The van der Waals surface area contributed by atoms with Crippen molar-refractivity contribution >= 4 is 34.3 Å². The van der Waals surface area contributed by atoms with Gasteiger partial charge in [0.2, 0.25) is 12.7 Å². The lowest BCUT2D eigenvalue weighted by atomic mass is 10.2. The maximum Gasteiger partial charge on any atom is 0.231 e. The lowest BCUT2D eigenvalue weighted by Gasteiger charge is -2.13. The zero-order chi connectivity index (χ0) is 23.1. The summed E-state index contributed by atoms with van der Waals surface area (Å²) >= 11 is 0. The predicted octanol–water partition coefficient (Wildman–Crippen LogP) is 4.81. The van der Waals surface area contributed by atoms with Gasteiger partial charge in [-0.1, -0.05) is 0 Å². The van der Waals surface area contributed by atoms with E-state index in [0.717, 1.165) is 28.5 Å². The van der Waals surface area contributed by atoms with E-state index in [9.17, 15) is 0 Å². The Labute approximate surface area is 195 Å². The fraction of sp³-hybridized carbons (Fsp3) is 0.167. The molecule has 6 rings (SSSR count). The summed E-state index contributed by atoms with van der Waals surface area (Å²) in [5.74, 6) is 2.48. The number of nitrogens with zero attached hydrogens (tertiary/aromatic N) is 6. The topological polar surface area (TPSA) is 104 Å². The molecule has 170 valence electrons. The van der Waals surface area contributed by atoms with Crippen LogP contribution in [0.1, 0.15) is 19.9 Å². The molecule has 2 N–H and O–H groups in total. The van der Waals surface area contributed by atoms with Crippen LogP contribution in [0.25, 0.3) is 16.9 Å². The Morgan fingerprint density at radius 3 is 2.53 bits per heavy atom. The molecule has 0 amide bonds. The van der Waals surface area contributed by atoms with E-state index in [1.165, 1.54) is 0 Å². The molecule has 0 saturated carbocycles. The van der Waals surface area contributed by atoms with E-state index in [1.54, 1.807) is 18.9 Å². The van der Waals surface area contributed by atoms with Gasteiger partial charge in [-0.2, -0.15) is 9.97 Å². The normalized spacial score (nSPS) is 12.4.